The number of nitrogens with one attached hydrogen (secondary N) is 1. The van der Waals surface area contributed by atoms with E-state index in [1.807, 2.05) is 57.2 Å². The maximum absolute atomic E-state index is 13.1. The summed E-state index contributed by atoms with van der Waals surface area (Å²) < 4.78 is 15.8. The number of aryl methyl sites for hydroxylation is 1. The van der Waals surface area contributed by atoms with Gasteiger partial charge in [0.05, 0.1) is 6.61 Å². The molecule has 0 aliphatic carbocycles. The van der Waals surface area contributed by atoms with Crippen LogP contribution in [0.2, 0.25) is 0 Å². The molecule has 1 N–H and O–H groups in total. The number of aromatic nitrogens is 1. The lowest BCUT2D eigenvalue weighted by Crippen LogP contribution is -2.37. The Kier molecular flexibility index (Phi) is 9.92. The minimum absolute atomic E-state index is 0.317. The molecule has 3 rings (SSSR count). The molecule has 0 unspecified atom stereocenters. The number of amides is 1. The number of aromatic amines is 1. The van der Waals surface area contributed by atoms with Crippen LogP contribution in [0.4, 0.5) is 4.79 Å². The van der Waals surface area contributed by atoms with Gasteiger partial charge >= 0.3 is 12.1 Å². The molecule has 198 valence electrons. The number of fused-ring (bicyclic) bond motifs is 1. The molecule has 7 heteroatoms. The Hall–Kier alpha value is -3.58. The molecule has 0 spiro atoms. The molecule has 0 aliphatic heterocycles. The van der Waals surface area contributed by atoms with Crippen LogP contribution in [0.3, 0.4) is 0 Å². The van der Waals surface area contributed by atoms with Crippen LogP contribution >= 0.6 is 0 Å². The number of H-pyrrole nitrogens is 1. The van der Waals surface area contributed by atoms with Gasteiger partial charge in [0, 0.05) is 55.9 Å². The van der Waals surface area contributed by atoms with Gasteiger partial charge in [-0.1, -0.05) is 36.4 Å². The van der Waals surface area contributed by atoms with Crippen LogP contribution in [0, 0.1) is 6.92 Å². The van der Waals surface area contributed by atoms with Gasteiger partial charge in [0.25, 0.3) is 0 Å². The molecule has 0 bridgehead atoms. The second-order valence-corrected chi connectivity index (χ2v) is 10.0. The molecular formula is C30H38N2O5. The number of benzene rings is 2. The number of esters is 1. The Balaban J connectivity index is 1.72. The molecule has 0 fully saturated rings. The van der Waals surface area contributed by atoms with E-state index in [1.165, 1.54) is 17.0 Å². The number of carbonyl (C=O) groups excluding carboxylic acids is 2. The molecule has 0 aliphatic rings. The highest BCUT2D eigenvalue weighted by Gasteiger charge is 2.23. The maximum atomic E-state index is 13.1. The SMILES string of the molecule is COCCCOC(=O)/C=C/c1cccc(CN(CCc2c(C)[nH]c3ccccc23)C(=O)OC(C)(C)C)c1. The second kappa shape index (κ2) is 13.1. The van der Waals surface area contributed by atoms with Crippen molar-refractivity contribution in [3.05, 3.63) is 77.0 Å². The van der Waals surface area contributed by atoms with Crippen LogP contribution in [0.5, 0.6) is 0 Å². The third-order valence-electron chi connectivity index (χ3n) is 5.78. The number of carbonyl (C=O) groups is 2. The third-order valence-corrected chi connectivity index (χ3v) is 5.78. The predicted molar refractivity (Wildman–Crippen MR) is 146 cm³/mol. The summed E-state index contributed by atoms with van der Waals surface area (Å²) in [5.74, 6) is -0.397. The standard InChI is InChI=1S/C30H38N2O5/c1-22-25(26-12-6-7-13-27(26)31-22)16-17-32(29(34)37-30(2,3)4)21-24-11-8-10-23(20-24)14-15-28(33)36-19-9-18-35-5/h6-8,10-15,20,31H,9,16-19,21H2,1-5H3/b15-14+. The quantitative estimate of drug-likeness (QED) is 0.195. The molecule has 0 atom stereocenters. The van der Waals surface area contributed by atoms with E-state index < -0.39 is 11.6 Å². The molecule has 7 nitrogen and oxygen atoms in total. The molecule has 1 aromatic heterocycles. The van der Waals surface area contributed by atoms with Gasteiger partial charge in [-0.25, -0.2) is 9.59 Å². The lowest BCUT2D eigenvalue weighted by molar-refractivity contribution is -0.138. The second-order valence-electron chi connectivity index (χ2n) is 10.0. The molecule has 0 radical (unpaired) electrons. The topological polar surface area (TPSA) is 80.9 Å². The van der Waals surface area contributed by atoms with Crippen LogP contribution in [0.1, 0.15) is 49.6 Å². The largest absolute Gasteiger partial charge is 0.462 e. The van der Waals surface area contributed by atoms with Crippen molar-refractivity contribution < 1.29 is 23.8 Å². The summed E-state index contributed by atoms with van der Waals surface area (Å²) in [6, 6.07) is 16.0. The zero-order valence-corrected chi connectivity index (χ0v) is 22.5. The zero-order valence-electron chi connectivity index (χ0n) is 22.5. The van der Waals surface area contributed by atoms with E-state index in [2.05, 4.69) is 24.0 Å². The average Bonchev–Trinajstić information content (AvgIpc) is 3.17. The summed E-state index contributed by atoms with van der Waals surface area (Å²) in [7, 11) is 1.61. The van der Waals surface area contributed by atoms with Crippen LogP contribution in [-0.2, 0) is 32.0 Å². The van der Waals surface area contributed by atoms with Gasteiger partial charge < -0.3 is 24.1 Å². The lowest BCUT2D eigenvalue weighted by Gasteiger charge is -2.27. The Bertz CT molecular complexity index is 1220. The molecular weight excluding hydrogens is 468 g/mol. The smallest absolute Gasteiger partial charge is 0.410 e. The van der Waals surface area contributed by atoms with Crippen molar-refractivity contribution >= 4 is 29.0 Å². The van der Waals surface area contributed by atoms with E-state index in [4.69, 9.17) is 14.2 Å². The van der Waals surface area contributed by atoms with Crippen LogP contribution < -0.4 is 0 Å². The first-order valence-corrected chi connectivity index (χ1v) is 12.6. The first kappa shape index (κ1) is 28.0. The maximum Gasteiger partial charge on any atom is 0.410 e. The minimum atomic E-state index is -0.597. The van der Waals surface area contributed by atoms with E-state index in [1.54, 1.807) is 18.1 Å². The van der Waals surface area contributed by atoms with E-state index >= 15 is 0 Å². The van der Waals surface area contributed by atoms with E-state index in [-0.39, 0.29) is 6.09 Å². The van der Waals surface area contributed by atoms with Crippen molar-refractivity contribution in [1.29, 1.82) is 0 Å². The van der Waals surface area contributed by atoms with Crippen LogP contribution in [-0.4, -0.2) is 54.4 Å². The van der Waals surface area contributed by atoms with Crippen molar-refractivity contribution in [3.8, 4) is 0 Å². The van der Waals surface area contributed by atoms with Crippen molar-refractivity contribution in [2.75, 3.05) is 26.9 Å². The minimum Gasteiger partial charge on any atom is -0.462 e. The van der Waals surface area contributed by atoms with E-state index in [9.17, 15) is 9.59 Å². The van der Waals surface area contributed by atoms with Crippen molar-refractivity contribution in [2.45, 2.75) is 52.7 Å². The summed E-state index contributed by atoms with van der Waals surface area (Å²) in [5.41, 5.74) is 4.59. The monoisotopic (exact) mass is 506 g/mol. The number of rotatable bonds is 11. The van der Waals surface area contributed by atoms with Gasteiger partial charge in [-0.05, 0) is 69.0 Å². The molecule has 37 heavy (non-hydrogen) atoms. The van der Waals surface area contributed by atoms with E-state index in [0.717, 1.165) is 22.3 Å². The normalized spacial score (nSPS) is 11.7. The highest BCUT2D eigenvalue weighted by molar-refractivity contribution is 5.87. The summed E-state index contributed by atoms with van der Waals surface area (Å²) in [6.07, 6.45) is 4.13. The van der Waals surface area contributed by atoms with Crippen molar-refractivity contribution in [2.24, 2.45) is 0 Å². The fourth-order valence-electron chi connectivity index (χ4n) is 4.07. The Morgan fingerprint density at radius 2 is 1.84 bits per heavy atom. The van der Waals surface area contributed by atoms with Gasteiger partial charge in [-0.3, -0.25) is 0 Å². The summed E-state index contributed by atoms with van der Waals surface area (Å²) >= 11 is 0. The van der Waals surface area contributed by atoms with Gasteiger partial charge in [-0.15, -0.1) is 0 Å². The first-order valence-electron chi connectivity index (χ1n) is 12.6. The Labute approximate surface area is 219 Å². The summed E-state index contributed by atoms with van der Waals surface area (Å²) in [4.78, 5) is 30.3. The molecule has 1 heterocycles. The first-order chi connectivity index (χ1) is 17.7. The summed E-state index contributed by atoms with van der Waals surface area (Å²) in [6.45, 7) is 9.42. The number of hydrogen-bond acceptors (Lipinski definition) is 5. The zero-order chi connectivity index (χ0) is 26.8. The third kappa shape index (κ3) is 8.79. The highest BCUT2D eigenvalue weighted by Crippen LogP contribution is 2.23. The van der Waals surface area contributed by atoms with Crippen LogP contribution in [0.15, 0.2) is 54.6 Å². The molecule has 3 aromatic rings. The molecule has 1 amide bonds. The highest BCUT2D eigenvalue weighted by atomic mass is 16.6. The number of methoxy groups -OCH3 is 1. The number of para-hydroxylation sites is 1. The van der Waals surface area contributed by atoms with Gasteiger partial charge in [0.2, 0.25) is 0 Å². The van der Waals surface area contributed by atoms with Gasteiger partial charge in [0.1, 0.15) is 5.60 Å². The molecule has 0 saturated heterocycles. The lowest BCUT2D eigenvalue weighted by atomic mass is 10.1. The number of ether oxygens (including phenoxy) is 3. The molecule has 2 aromatic carbocycles. The fraction of sp³-hybridized carbons (Fsp3) is 0.400. The van der Waals surface area contributed by atoms with Crippen molar-refractivity contribution in [1.82, 2.24) is 9.88 Å². The Morgan fingerprint density at radius 1 is 1.05 bits per heavy atom. The van der Waals surface area contributed by atoms with Gasteiger partial charge in [0.15, 0.2) is 0 Å². The van der Waals surface area contributed by atoms with Crippen LogP contribution in [0.25, 0.3) is 17.0 Å². The number of hydrogen-bond donors (Lipinski definition) is 1. The van der Waals surface area contributed by atoms with Gasteiger partial charge in [-0.2, -0.15) is 0 Å². The average molecular weight is 507 g/mol. The molecule has 0 saturated carbocycles. The summed E-state index contributed by atoms with van der Waals surface area (Å²) in [5, 5.41) is 1.17. The number of nitrogens with zero attached hydrogens (tertiary/aromatic N) is 1. The Morgan fingerprint density at radius 3 is 2.59 bits per heavy atom. The fourth-order valence-corrected chi connectivity index (χ4v) is 4.07. The van der Waals surface area contributed by atoms with Crippen molar-refractivity contribution in [3.63, 3.8) is 0 Å². The van der Waals surface area contributed by atoms with E-state index in [0.29, 0.717) is 39.1 Å². The predicted octanol–water partition coefficient (Wildman–Crippen LogP) is 6.05.